The minimum Gasteiger partial charge on any atom is -0.496 e. The van der Waals surface area contributed by atoms with Crippen LogP contribution in [0.25, 0.3) is 11.1 Å². The Hall–Kier alpha value is -1.80. The molecule has 0 amide bonds. The van der Waals surface area contributed by atoms with Crippen LogP contribution in [0.1, 0.15) is 16.7 Å². The molecule has 2 rings (SSSR count). The third kappa shape index (κ3) is 2.12. The molecule has 2 heteroatoms. The van der Waals surface area contributed by atoms with Gasteiger partial charge in [0.15, 0.2) is 0 Å². The van der Waals surface area contributed by atoms with E-state index in [4.69, 9.17) is 10.5 Å². The molecule has 0 fully saturated rings. The second kappa shape index (κ2) is 5.23. The second-order valence-corrected chi connectivity index (χ2v) is 4.45. The van der Waals surface area contributed by atoms with E-state index in [2.05, 4.69) is 38.1 Å². The van der Waals surface area contributed by atoms with E-state index in [-0.39, 0.29) is 0 Å². The van der Waals surface area contributed by atoms with E-state index in [1.165, 1.54) is 11.1 Å². The van der Waals surface area contributed by atoms with Gasteiger partial charge in [-0.2, -0.15) is 0 Å². The predicted octanol–water partition coefficient (Wildman–Crippen LogP) is 3.44. The van der Waals surface area contributed by atoms with Gasteiger partial charge in [-0.05, 0) is 36.1 Å². The van der Waals surface area contributed by atoms with Crippen LogP contribution in [0.15, 0.2) is 36.4 Å². The summed E-state index contributed by atoms with van der Waals surface area (Å²) in [6, 6.07) is 12.4. The number of nitrogens with two attached hydrogens (primary N) is 1. The van der Waals surface area contributed by atoms with E-state index in [9.17, 15) is 0 Å². The van der Waals surface area contributed by atoms with Crippen LogP contribution in [0, 0.1) is 13.8 Å². The van der Waals surface area contributed by atoms with Gasteiger partial charge in [-0.15, -0.1) is 0 Å². The largest absolute Gasteiger partial charge is 0.496 e. The first-order valence-corrected chi connectivity index (χ1v) is 6.11. The van der Waals surface area contributed by atoms with Crippen molar-refractivity contribution in [3.63, 3.8) is 0 Å². The number of ether oxygens (including phenoxy) is 1. The maximum Gasteiger partial charge on any atom is 0.129 e. The molecule has 0 saturated heterocycles. The molecule has 0 atom stereocenters. The zero-order chi connectivity index (χ0) is 13.1. The van der Waals surface area contributed by atoms with E-state index in [0.717, 1.165) is 22.4 Å². The maximum absolute atomic E-state index is 5.81. The molecule has 0 spiro atoms. The predicted molar refractivity (Wildman–Crippen MR) is 75.8 cm³/mol. The van der Waals surface area contributed by atoms with E-state index in [1.807, 2.05) is 12.1 Å². The van der Waals surface area contributed by atoms with E-state index >= 15 is 0 Å². The third-order valence-electron chi connectivity index (χ3n) is 3.41. The van der Waals surface area contributed by atoms with Crippen LogP contribution in [0.4, 0.5) is 0 Å². The van der Waals surface area contributed by atoms with Crippen LogP contribution in [0.5, 0.6) is 5.75 Å². The first-order valence-electron chi connectivity index (χ1n) is 6.11. The van der Waals surface area contributed by atoms with Crippen molar-refractivity contribution in [2.45, 2.75) is 20.4 Å². The molecule has 0 aliphatic rings. The molecule has 18 heavy (non-hydrogen) atoms. The van der Waals surface area contributed by atoms with E-state index in [0.29, 0.717) is 6.54 Å². The summed E-state index contributed by atoms with van der Waals surface area (Å²) in [7, 11) is 1.72. The van der Waals surface area contributed by atoms with Gasteiger partial charge in [0.2, 0.25) is 0 Å². The molecule has 2 N–H and O–H groups in total. The molecule has 0 radical (unpaired) electrons. The molecular formula is C16H19NO. The Bertz CT molecular complexity index is 561. The number of hydrogen-bond acceptors (Lipinski definition) is 2. The Morgan fingerprint density at radius 2 is 1.72 bits per heavy atom. The zero-order valence-electron chi connectivity index (χ0n) is 11.2. The van der Waals surface area contributed by atoms with Gasteiger partial charge in [0.05, 0.1) is 7.11 Å². The first kappa shape index (κ1) is 12.7. The Kier molecular flexibility index (Phi) is 3.68. The molecule has 0 aliphatic heterocycles. The minimum atomic E-state index is 0.534. The van der Waals surface area contributed by atoms with Crippen molar-refractivity contribution >= 4 is 0 Å². The summed E-state index contributed by atoms with van der Waals surface area (Å²) in [5.74, 6) is 0.941. The van der Waals surface area contributed by atoms with Crippen LogP contribution in [-0.4, -0.2) is 7.11 Å². The molecule has 2 aromatic rings. The van der Waals surface area contributed by atoms with Crippen molar-refractivity contribution in [2.24, 2.45) is 5.73 Å². The highest BCUT2D eigenvalue weighted by Gasteiger charge is 2.12. The van der Waals surface area contributed by atoms with Crippen molar-refractivity contribution in [3.05, 3.63) is 53.1 Å². The van der Waals surface area contributed by atoms with Crippen molar-refractivity contribution < 1.29 is 4.74 Å². The van der Waals surface area contributed by atoms with E-state index < -0.39 is 0 Å². The summed E-state index contributed by atoms with van der Waals surface area (Å²) >= 11 is 0. The first-order chi connectivity index (χ1) is 8.69. The molecule has 0 heterocycles. The van der Waals surface area contributed by atoms with Crippen LogP contribution in [0.2, 0.25) is 0 Å². The Morgan fingerprint density at radius 3 is 2.39 bits per heavy atom. The lowest BCUT2D eigenvalue weighted by atomic mass is 9.95. The van der Waals surface area contributed by atoms with Crippen LogP contribution in [-0.2, 0) is 6.54 Å². The molecule has 0 aliphatic carbocycles. The molecular weight excluding hydrogens is 222 g/mol. The molecule has 2 aromatic carbocycles. The number of hydrogen-bond donors (Lipinski definition) is 1. The van der Waals surface area contributed by atoms with Crippen molar-refractivity contribution in [2.75, 3.05) is 7.11 Å². The summed E-state index contributed by atoms with van der Waals surface area (Å²) in [6.07, 6.45) is 0. The molecule has 0 aromatic heterocycles. The highest BCUT2D eigenvalue weighted by atomic mass is 16.5. The standard InChI is InChI=1S/C16H19NO/c1-11-8-9-15(16(18-3)12(11)2)14-7-5-4-6-13(14)10-17/h4-9H,10,17H2,1-3H3. The number of rotatable bonds is 3. The Balaban J connectivity index is 2.67. The van der Waals surface area contributed by atoms with Gasteiger partial charge in [-0.25, -0.2) is 0 Å². The topological polar surface area (TPSA) is 35.2 Å². The monoisotopic (exact) mass is 241 g/mol. The number of benzene rings is 2. The maximum atomic E-state index is 5.81. The fourth-order valence-electron chi connectivity index (χ4n) is 2.23. The summed E-state index contributed by atoms with van der Waals surface area (Å²) in [5, 5.41) is 0. The number of aryl methyl sites for hydroxylation is 1. The third-order valence-corrected chi connectivity index (χ3v) is 3.41. The van der Waals surface area contributed by atoms with Gasteiger partial charge in [-0.3, -0.25) is 0 Å². The van der Waals surface area contributed by atoms with Crippen LogP contribution >= 0.6 is 0 Å². The quantitative estimate of drug-likeness (QED) is 0.893. The average Bonchev–Trinajstić information content (AvgIpc) is 2.41. The summed E-state index contributed by atoms with van der Waals surface area (Å²) < 4.78 is 5.57. The lowest BCUT2D eigenvalue weighted by molar-refractivity contribution is 0.413. The molecule has 94 valence electrons. The number of methoxy groups -OCH3 is 1. The van der Waals surface area contributed by atoms with E-state index in [1.54, 1.807) is 7.11 Å². The van der Waals surface area contributed by atoms with Crippen molar-refractivity contribution in [3.8, 4) is 16.9 Å². The summed E-state index contributed by atoms with van der Waals surface area (Å²) in [6.45, 7) is 4.71. The van der Waals surface area contributed by atoms with Crippen LogP contribution in [0.3, 0.4) is 0 Å². The normalized spacial score (nSPS) is 10.4. The van der Waals surface area contributed by atoms with Gasteiger partial charge in [0.1, 0.15) is 5.75 Å². The fraction of sp³-hybridized carbons (Fsp3) is 0.250. The zero-order valence-corrected chi connectivity index (χ0v) is 11.2. The molecule has 0 saturated carbocycles. The van der Waals surface area contributed by atoms with Gasteiger partial charge < -0.3 is 10.5 Å². The lowest BCUT2D eigenvalue weighted by Gasteiger charge is -2.15. The lowest BCUT2D eigenvalue weighted by Crippen LogP contribution is -2.00. The SMILES string of the molecule is COc1c(-c2ccccc2CN)ccc(C)c1C. The molecule has 2 nitrogen and oxygen atoms in total. The smallest absolute Gasteiger partial charge is 0.129 e. The molecule has 0 unspecified atom stereocenters. The molecule has 0 bridgehead atoms. The highest BCUT2D eigenvalue weighted by Crippen LogP contribution is 2.36. The van der Waals surface area contributed by atoms with Gasteiger partial charge in [-0.1, -0.05) is 36.4 Å². The fourth-order valence-corrected chi connectivity index (χ4v) is 2.23. The second-order valence-electron chi connectivity index (χ2n) is 4.45. The van der Waals surface area contributed by atoms with Crippen molar-refractivity contribution in [1.29, 1.82) is 0 Å². The Labute approximate surface area is 108 Å². The Morgan fingerprint density at radius 1 is 1.00 bits per heavy atom. The highest BCUT2D eigenvalue weighted by molar-refractivity contribution is 5.75. The van der Waals surface area contributed by atoms with Gasteiger partial charge in [0, 0.05) is 12.1 Å². The van der Waals surface area contributed by atoms with Gasteiger partial charge >= 0.3 is 0 Å². The van der Waals surface area contributed by atoms with Crippen LogP contribution < -0.4 is 10.5 Å². The van der Waals surface area contributed by atoms with Gasteiger partial charge in [0.25, 0.3) is 0 Å². The van der Waals surface area contributed by atoms with Crippen molar-refractivity contribution in [1.82, 2.24) is 0 Å². The average molecular weight is 241 g/mol. The summed E-state index contributed by atoms with van der Waals surface area (Å²) in [5.41, 5.74) is 11.6. The minimum absolute atomic E-state index is 0.534. The summed E-state index contributed by atoms with van der Waals surface area (Å²) in [4.78, 5) is 0.